The molecule has 0 unspecified atom stereocenters. The monoisotopic (exact) mass is 438 g/mol. The van der Waals surface area contributed by atoms with Crippen molar-refractivity contribution in [2.75, 3.05) is 17.8 Å². The number of rotatable bonds is 5. The highest BCUT2D eigenvalue weighted by atomic mass is 35.5. The molecule has 27 heavy (non-hydrogen) atoms. The van der Waals surface area contributed by atoms with Crippen molar-refractivity contribution in [1.29, 1.82) is 0 Å². The van der Waals surface area contributed by atoms with Gasteiger partial charge in [0.1, 0.15) is 0 Å². The minimum Gasteiger partial charge on any atom is -0.298 e. The van der Waals surface area contributed by atoms with Crippen LogP contribution >= 0.6 is 34.7 Å². The third-order valence-corrected chi connectivity index (χ3v) is 6.66. The number of benzene rings is 2. The molecule has 9 heteroatoms. The Morgan fingerprint density at radius 3 is 2.52 bits per heavy atom. The van der Waals surface area contributed by atoms with Crippen LogP contribution < -0.4 is 5.32 Å². The number of hydrogen-bond donors (Lipinski definition) is 1. The van der Waals surface area contributed by atoms with Crippen LogP contribution in [-0.4, -0.2) is 31.8 Å². The lowest BCUT2D eigenvalue weighted by atomic mass is 10.2. The number of amides is 1. The topological polar surface area (TPSA) is 76.1 Å². The average Bonchev–Trinajstić information content (AvgIpc) is 3.09. The molecule has 5 nitrogen and oxygen atoms in total. The van der Waals surface area contributed by atoms with E-state index in [9.17, 15) is 13.2 Å². The van der Waals surface area contributed by atoms with Crippen molar-refractivity contribution in [2.24, 2.45) is 0 Å². The first kappa shape index (κ1) is 19.9. The van der Waals surface area contributed by atoms with Crippen molar-refractivity contribution in [2.45, 2.75) is 9.79 Å². The largest absolute Gasteiger partial charge is 0.298 e. The van der Waals surface area contributed by atoms with E-state index < -0.39 is 15.7 Å². The maximum atomic E-state index is 12.5. The Morgan fingerprint density at radius 1 is 1.19 bits per heavy atom. The van der Waals surface area contributed by atoms with Gasteiger partial charge in [-0.25, -0.2) is 13.4 Å². The predicted molar refractivity (Wildman–Crippen MR) is 112 cm³/mol. The Balaban J connectivity index is 1.82. The molecule has 2 aromatic carbocycles. The van der Waals surface area contributed by atoms with Crippen LogP contribution in [0.3, 0.4) is 0 Å². The summed E-state index contributed by atoms with van der Waals surface area (Å²) >= 11 is 9.00. The Labute approximate surface area is 170 Å². The molecule has 0 bridgehead atoms. The summed E-state index contributed by atoms with van der Waals surface area (Å²) in [5.41, 5.74) is 1.78. The molecular formula is C18H15ClN2O3S3. The Kier molecular flexibility index (Phi) is 5.90. The molecule has 0 aliphatic rings. The first-order valence-electron chi connectivity index (χ1n) is 7.69. The molecule has 1 aromatic heterocycles. The minimum absolute atomic E-state index is 0.0331. The van der Waals surface area contributed by atoms with Crippen LogP contribution in [0.4, 0.5) is 5.13 Å². The first-order chi connectivity index (χ1) is 12.8. The number of nitrogens with zero attached hydrogens (tertiary/aromatic N) is 1. The molecule has 0 aliphatic heterocycles. The molecule has 0 aliphatic carbocycles. The normalized spacial score (nSPS) is 11.4. The van der Waals surface area contributed by atoms with E-state index in [2.05, 4.69) is 10.3 Å². The lowest BCUT2D eigenvalue weighted by molar-refractivity contribution is 0.102. The Hall–Kier alpha value is -1.87. The van der Waals surface area contributed by atoms with Crippen LogP contribution in [0.15, 0.2) is 57.6 Å². The van der Waals surface area contributed by atoms with Gasteiger partial charge in [-0.3, -0.25) is 10.1 Å². The molecule has 0 spiro atoms. The van der Waals surface area contributed by atoms with E-state index >= 15 is 0 Å². The van der Waals surface area contributed by atoms with Crippen molar-refractivity contribution >= 4 is 55.6 Å². The zero-order valence-electron chi connectivity index (χ0n) is 14.4. The van der Waals surface area contributed by atoms with Gasteiger partial charge >= 0.3 is 0 Å². The summed E-state index contributed by atoms with van der Waals surface area (Å²) in [5, 5.41) is 5.10. The van der Waals surface area contributed by atoms with Gasteiger partial charge in [-0.15, -0.1) is 23.1 Å². The van der Waals surface area contributed by atoms with E-state index in [1.807, 2.05) is 35.9 Å². The molecule has 0 saturated carbocycles. The molecule has 3 rings (SSSR count). The lowest BCUT2D eigenvalue weighted by Gasteiger charge is -2.06. The van der Waals surface area contributed by atoms with Crippen molar-refractivity contribution in [3.8, 4) is 11.3 Å². The Morgan fingerprint density at radius 2 is 1.89 bits per heavy atom. The maximum Gasteiger partial charge on any atom is 0.259 e. The van der Waals surface area contributed by atoms with Gasteiger partial charge in [0, 0.05) is 22.1 Å². The van der Waals surface area contributed by atoms with Crippen LogP contribution in [0.1, 0.15) is 10.4 Å². The van der Waals surface area contributed by atoms with Gasteiger partial charge in [-0.05, 0) is 36.6 Å². The number of anilines is 1. The molecule has 1 amide bonds. The third-order valence-electron chi connectivity index (χ3n) is 3.72. The van der Waals surface area contributed by atoms with Gasteiger partial charge in [0.25, 0.3) is 5.91 Å². The number of thioether (sulfide) groups is 1. The maximum absolute atomic E-state index is 12.5. The highest BCUT2D eigenvalue weighted by molar-refractivity contribution is 7.98. The number of hydrogen-bond acceptors (Lipinski definition) is 6. The number of thiazole rings is 1. The molecule has 0 radical (unpaired) electrons. The highest BCUT2D eigenvalue weighted by Gasteiger charge is 2.17. The van der Waals surface area contributed by atoms with Crippen LogP contribution in [0.5, 0.6) is 0 Å². The summed E-state index contributed by atoms with van der Waals surface area (Å²) in [7, 11) is -3.44. The third kappa shape index (κ3) is 4.70. The molecule has 0 fully saturated rings. The smallest absolute Gasteiger partial charge is 0.259 e. The van der Waals surface area contributed by atoms with Gasteiger partial charge in [-0.2, -0.15) is 0 Å². The molecule has 0 atom stereocenters. The summed E-state index contributed by atoms with van der Waals surface area (Å²) in [6.45, 7) is 0. The number of carbonyl (C=O) groups excluding carboxylic acids is 1. The van der Waals surface area contributed by atoms with E-state index in [4.69, 9.17) is 11.6 Å². The van der Waals surface area contributed by atoms with E-state index in [1.54, 1.807) is 11.8 Å². The second-order valence-electron chi connectivity index (χ2n) is 5.63. The van der Waals surface area contributed by atoms with Crippen LogP contribution in [0.2, 0.25) is 5.02 Å². The summed E-state index contributed by atoms with van der Waals surface area (Å²) in [5.74, 6) is -0.510. The molecule has 1 heterocycles. The zero-order chi connectivity index (χ0) is 19.6. The van der Waals surface area contributed by atoms with E-state index in [-0.39, 0.29) is 15.5 Å². The number of halogens is 1. The second-order valence-corrected chi connectivity index (χ2v) is 9.80. The van der Waals surface area contributed by atoms with Gasteiger partial charge in [0.15, 0.2) is 15.0 Å². The van der Waals surface area contributed by atoms with Gasteiger partial charge in [0.05, 0.1) is 21.2 Å². The average molecular weight is 439 g/mol. The SMILES string of the molecule is CSc1ccc(-c2csc(NC(=O)c3cc(S(C)(=O)=O)ccc3Cl)n2)cc1. The van der Waals surface area contributed by atoms with E-state index in [1.165, 1.54) is 29.5 Å². The predicted octanol–water partition coefficient (Wildman–Crippen LogP) is 4.84. The number of nitrogens with one attached hydrogen (secondary N) is 1. The molecule has 3 aromatic rings. The molecule has 1 N–H and O–H groups in total. The van der Waals surface area contributed by atoms with Crippen LogP contribution in [0, 0.1) is 0 Å². The number of sulfone groups is 1. The van der Waals surface area contributed by atoms with Gasteiger partial charge in [0.2, 0.25) is 0 Å². The minimum atomic E-state index is -3.44. The van der Waals surface area contributed by atoms with Crippen LogP contribution in [0.25, 0.3) is 11.3 Å². The number of carbonyl (C=O) groups is 1. The fraction of sp³-hybridized carbons (Fsp3) is 0.111. The van der Waals surface area contributed by atoms with Crippen molar-refractivity contribution < 1.29 is 13.2 Å². The van der Waals surface area contributed by atoms with Crippen LogP contribution in [-0.2, 0) is 9.84 Å². The fourth-order valence-corrected chi connectivity index (χ4v) is 4.27. The second kappa shape index (κ2) is 8.02. The van der Waals surface area contributed by atoms with E-state index in [0.717, 1.165) is 22.4 Å². The molecule has 140 valence electrons. The quantitative estimate of drug-likeness (QED) is 0.576. The highest BCUT2D eigenvalue weighted by Crippen LogP contribution is 2.28. The van der Waals surface area contributed by atoms with Crippen molar-refractivity contribution in [1.82, 2.24) is 4.98 Å². The number of aromatic nitrogens is 1. The summed E-state index contributed by atoms with van der Waals surface area (Å²) in [4.78, 5) is 18.1. The molecular weight excluding hydrogens is 424 g/mol. The van der Waals surface area contributed by atoms with Gasteiger partial charge in [-0.1, -0.05) is 23.7 Å². The van der Waals surface area contributed by atoms with Gasteiger partial charge < -0.3 is 0 Å². The standard InChI is InChI=1S/C18H15ClN2O3S3/c1-25-12-5-3-11(4-6-12)16-10-26-18(20-16)21-17(22)14-9-13(27(2,23)24)7-8-15(14)19/h3-10H,1-2H3,(H,20,21,22). The van der Waals surface area contributed by atoms with E-state index in [0.29, 0.717) is 5.13 Å². The first-order valence-corrected chi connectivity index (χ1v) is 12.1. The van der Waals surface area contributed by atoms with Crippen molar-refractivity contribution in [3.05, 3.63) is 58.4 Å². The Bertz CT molecular complexity index is 1090. The molecule has 0 saturated heterocycles. The van der Waals surface area contributed by atoms with Crippen molar-refractivity contribution in [3.63, 3.8) is 0 Å². The summed E-state index contributed by atoms with van der Waals surface area (Å²) in [6, 6.07) is 12.0. The zero-order valence-corrected chi connectivity index (χ0v) is 17.6. The summed E-state index contributed by atoms with van der Waals surface area (Å²) < 4.78 is 23.4. The fourth-order valence-electron chi connectivity index (χ4n) is 2.30. The lowest BCUT2D eigenvalue weighted by Crippen LogP contribution is -2.13. The summed E-state index contributed by atoms with van der Waals surface area (Å²) in [6.07, 6.45) is 3.09.